The summed E-state index contributed by atoms with van der Waals surface area (Å²) in [5, 5.41) is 9.82. The lowest BCUT2D eigenvalue weighted by Crippen LogP contribution is -2.30. The Labute approximate surface area is 103 Å². The third-order valence-electron chi connectivity index (χ3n) is 2.93. The first-order valence-electron chi connectivity index (χ1n) is 5.17. The molecule has 1 fully saturated rings. The van der Waals surface area contributed by atoms with Crippen molar-refractivity contribution in [1.29, 1.82) is 0 Å². The van der Waals surface area contributed by atoms with Crippen LogP contribution in [0.3, 0.4) is 0 Å². The number of benzene rings is 1. The largest absolute Gasteiger partial charge is 0.383 e. The van der Waals surface area contributed by atoms with Gasteiger partial charge >= 0.3 is 0 Å². The van der Waals surface area contributed by atoms with Crippen molar-refractivity contribution < 1.29 is 9.90 Å². The minimum Gasteiger partial charge on any atom is -0.383 e. The number of hydrogen-bond acceptors (Lipinski definition) is 2. The Kier molecular flexibility index (Phi) is 2.80. The summed E-state index contributed by atoms with van der Waals surface area (Å²) in [5.41, 5.74) is 0.434. The van der Waals surface area contributed by atoms with E-state index in [9.17, 15) is 9.90 Å². The van der Waals surface area contributed by atoms with Gasteiger partial charge in [-0.2, -0.15) is 0 Å². The fourth-order valence-corrected chi connectivity index (χ4v) is 2.30. The number of aliphatic hydroxyl groups excluding tert-OH is 1. The summed E-state index contributed by atoms with van der Waals surface area (Å²) in [6, 6.07) is 7.54. The van der Waals surface area contributed by atoms with Crippen LogP contribution < -0.4 is 4.90 Å². The lowest BCUT2D eigenvalue weighted by molar-refractivity contribution is -0.126. The van der Waals surface area contributed by atoms with Crippen LogP contribution in [0, 0.1) is 5.41 Å². The summed E-state index contributed by atoms with van der Waals surface area (Å²) < 4.78 is 0.928. The highest BCUT2D eigenvalue weighted by molar-refractivity contribution is 9.10. The van der Waals surface area contributed by atoms with Gasteiger partial charge in [0.15, 0.2) is 0 Å². The molecular weight excluding hydrogens is 270 g/mol. The van der Waals surface area contributed by atoms with Gasteiger partial charge in [0.25, 0.3) is 5.91 Å². The highest BCUT2D eigenvalue weighted by atomic mass is 79.9. The molecule has 1 aromatic rings. The van der Waals surface area contributed by atoms with E-state index in [0.717, 1.165) is 10.2 Å². The summed E-state index contributed by atoms with van der Waals surface area (Å²) in [6.45, 7) is 4.34. The molecule has 0 bridgehead atoms. The molecule has 3 nitrogen and oxygen atoms in total. The summed E-state index contributed by atoms with van der Waals surface area (Å²) in [7, 11) is 0. The molecule has 1 aromatic carbocycles. The smallest absolute Gasteiger partial charge is 0.256 e. The molecule has 1 saturated heterocycles. The quantitative estimate of drug-likeness (QED) is 0.858. The van der Waals surface area contributed by atoms with E-state index in [0.29, 0.717) is 6.54 Å². The first kappa shape index (κ1) is 11.6. The van der Waals surface area contributed by atoms with Gasteiger partial charge in [-0.3, -0.25) is 4.79 Å². The van der Waals surface area contributed by atoms with Crippen LogP contribution in [-0.2, 0) is 4.79 Å². The molecule has 1 heterocycles. The highest BCUT2D eigenvalue weighted by Gasteiger charge is 2.45. The predicted molar refractivity (Wildman–Crippen MR) is 66.3 cm³/mol. The van der Waals surface area contributed by atoms with E-state index in [4.69, 9.17) is 0 Å². The van der Waals surface area contributed by atoms with Crippen molar-refractivity contribution >= 4 is 27.5 Å². The summed E-state index contributed by atoms with van der Waals surface area (Å²) >= 11 is 3.37. The van der Waals surface area contributed by atoms with E-state index in [1.807, 2.05) is 38.1 Å². The Bertz CT molecular complexity index is 431. The number of amides is 1. The third kappa shape index (κ3) is 1.87. The van der Waals surface area contributed by atoms with Gasteiger partial charge in [0.2, 0.25) is 0 Å². The topological polar surface area (TPSA) is 40.5 Å². The Hall–Kier alpha value is -0.870. The van der Waals surface area contributed by atoms with Gasteiger partial charge < -0.3 is 10.0 Å². The summed E-state index contributed by atoms with van der Waals surface area (Å²) in [5.74, 6) is -0.219. The zero-order valence-corrected chi connectivity index (χ0v) is 10.9. The summed E-state index contributed by atoms with van der Waals surface area (Å²) in [6.07, 6.45) is -0.911. The van der Waals surface area contributed by atoms with E-state index in [1.54, 1.807) is 4.90 Å². The lowest BCUT2D eigenvalue weighted by atomic mass is 9.90. The fourth-order valence-electron chi connectivity index (χ4n) is 1.92. The third-order valence-corrected chi connectivity index (χ3v) is 3.42. The van der Waals surface area contributed by atoms with Crippen LogP contribution in [0.2, 0.25) is 0 Å². The standard InChI is InChI=1S/C12H14BrNO2/c1-12(2)7-14(11(16)10(12)15)9-5-3-4-8(13)6-9/h3-6,10,15H,7H2,1-2H3. The van der Waals surface area contributed by atoms with Crippen molar-refractivity contribution in [3.05, 3.63) is 28.7 Å². The van der Waals surface area contributed by atoms with Gasteiger partial charge in [0.1, 0.15) is 6.10 Å². The van der Waals surface area contributed by atoms with Crippen molar-refractivity contribution in [2.24, 2.45) is 5.41 Å². The second kappa shape index (κ2) is 3.86. The maximum atomic E-state index is 11.9. The minimum atomic E-state index is -0.911. The zero-order chi connectivity index (χ0) is 11.9. The normalized spacial score (nSPS) is 23.9. The average Bonchev–Trinajstić information content (AvgIpc) is 2.42. The molecule has 0 spiro atoms. The van der Waals surface area contributed by atoms with E-state index in [-0.39, 0.29) is 11.3 Å². The fraction of sp³-hybridized carbons (Fsp3) is 0.417. The molecule has 16 heavy (non-hydrogen) atoms. The average molecular weight is 284 g/mol. The number of nitrogens with zero attached hydrogens (tertiary/aromatic N) is 1. The SMILES string of the molecule is CC1(C)CN(c2cccc(Br)c2)C(=O)C1O. The molecule has 2 rings (SSSR count). The highest BCUT2D eigenvalue weighted by Crippen LogP contribution is 2.34. The van der Waals surface area contributed by atoms with Gasteiger partial charge in [0.05, 0.1) is 0 Å². The molecule has 1 amide bonds. The van der Waals surface area contributed by atoms with Gasteiger partial charge in [0, 0.05) is 22.1 Å². The molecule has 0 saturated carbocycles. The van der Waals surface area contributed by atoms with Crippen LogP contribution >= 0.6 is 15.9 Å². The molecule has 0 aromatic heterocycles. The monoisotopic (exact) mass is 283 g/mol. The minimum absolute atomic E-state index is 0.219. The van der Waals surface area contributed by atoms with Crippen LogP contribution in [0.1, 0.15) is 13.8 Å². The Morgan fingerprint density at radius 3 is 2.69 bits per heavy atom. The van der Waals surface area contributed by atoms with Gasteiger partial charge in [-0.1, -0.05) is 35.8 Å². The number of halogens is 1. The molecule has 1 N–H and O–H groups in total. The van der Waals surface area contributed by atoms with Crippen LogP contribution in [0.5, 0.6) is 0 Å². The van der Waals surface area contributed by atoms with Crippen molar-refractivity contribution in [1.82, 2.24) is 0 Å². The molecule has 86 valence electrons. The molecule has 1 atom stereocenters. The summed E-state index contributed by atoms with van der Waals surface area (Å²) in [4.78, 5) is 13.5. The number of hydrogen-bond donors (Lipinski definition) is 1. The molecule has 0 aliphatic carbocycles. The van der Waals surface area contributed by atoms with Crippen LogP contribution in [-0.4, -0.2) is 23.7 Å². The molecule has 1 aliphatic rings. The molecular formula is C12H14BrNO2. The van der Waals surface area contributed by atoms with Gasteiger partial charge in [-0.15, -0.1) is 0 Å². The zero-order valence-electron chi connectivity index (χ0n) is 9.27. The number of rotatable bonds is 1. The first-order valence-corrected chi connectivity index (χ1v) is 5.96. The first-order chi connectivity index (χ1) is 7.42. The second-order valence-electron chi connectivity index (χ2n) is 4.80. The van der Waals surface area contributed by atoms with Crippen molar-refractivity contribution in [2.45, 2.75) is 20.0 Å². The molecule has 1 aliphatic heterocycles. The van der Waals surface area contributed by atoms with E-state index in [2.05, 4.69) is 15.9 Å². The van der Waals surface area contributed by atoms with Crippen LogP contribution in [0.15, 0.2) is 28.7 Å². The molecule has 1 unspecified atom stereocenters. The van der Waals surface area contributed by atoms with E-state index >= 15 is 0 Å². The Morgan fingerprint density at radius 1 is 1.50 bits per heavy atom. The number of anilines is 1. The van der Waals surface area contributed by atoms with Crippen LogP contribution in [0.25, 0.3) is 0 Å². The molecule has 0 radical (unpaired) electrons. The number of aliphatic hydroxyl groups is 1. The van der Waals surface area contributed by atoms with E-state index < -0.39 is 6.10 Å². The Morgan fingerprint density at radius 2 is 2.19 bits per heavy atom. The molecule has 4 heteroatoms. The number of carbonyl (C=O) groups excluding carboxylic acids is 1. The van der Waals surface area contributed by atoms with E-state index in [1.165, 1.54) is 0 Å². The van der Waals surface area contributed by atoms with Crippen LogP contribution in [0.4, 0.5) is 5.69 Å². The Balaban J connectivity index is 2.34. The van der Waals surface area contributed by atoms with Gasteiger partial charge in [-0.05, 0) is 18.2 Å². The van der Waals surface area contributed by atoms with Crippen molar-refractivity contribution in [2.75, 3.05) is 11.4 Å². The maximum absolute atomic E-state index is 11.9. The predicted octanol–water partition coefficient (Wildman–Crippen LogP) is 2.18. The second-order valence-corrected chi connectivity index (χ2v) is 5.71. The number of carbonyl (C=O) groups is 1. The van der Waals surface area contributed by atoms with Crippen molar-refractivity contribution in [3.8, 4) is 0 Å². The lowest BCUT2D eigenvalue weighted by Gasteiger charge is -2.20. The van der Waals surface area contributed by atoms with Gasteiger partial charge in [-0.25, -0.2) is 0 Å². The maximum Gasteiger partial charge on any atom is 0.256 e. The van der Waals surface area contributed by atoms with Crippen molar-refractivity contribution in [3.63, 3.8) is 0 Å².